The van der Waals surface area contributed by atoms with Gasteiger partial charge in [-0.15, -0.1) is 48.2 Å². The largest absolute Gasteiger partial charge is 4.00 e. The van der Waals surface area contributed by atoms with Crippen LogP contribution in [-0.2, 0) is 21.1 Å². The first-order valence-electron chi connectivity index (χ1n) is 8.17. The number of hydrogen-bond acceptors (Lipinski definition) is 4. The van der Waals surface area contributed by atoms with Gasteiger partial charge in [0.1, 0.15) is 0 Å². The van der Waals surface area contributed by atoms with Gasteiger partial charge in [0.15, 0.2) is 0 Å². The predicted molar refractivity (Wildman–Crippen MR) is 99.7 cm³/mol. The average molecular weight is 535 g/mol. The topological polar surface area (TPSA) is 24.9 Å². The Hall–Kier alpha value is -2.71. The average Bonchev–Trinajstić information content (AvgIpc) is 3.10. The molecule has 1 heterocycles. The maximum absolute atomic E-state index is 5.90. The molecular formula is C22H16N2O2Pt. The number of para-hydroxylation sites is 1. The molecule has 0 bridgehead atoms. The van der Waals surface area contributed by atoms with Gasteiger partial charge in [0.25, 0.3) is 0 Å². The third-order valence-corrected chi connectivity index (χ3v) is 3.66. The Balaban J connectivity index is 0.00000210. The van der Waals surface area contributed by atoms with E-state index >= 15 is 0 Å². The Kier molecular flexibility index (Phi) is 6.20. The number of anilines is 1. The van der Waals surface area contributed by atoms with Gasteiger partial charge in [-0.1, -0.05) is 6.07 Å². The fourth-order valence-corrected chi connectivity index (χ4v) is 2.46. The van der Waals surface area contributed by atoms with Crippen LogP contribution in [0.25, 0.3) is 0 Å². The summed E-state index contributed by atoms with van der Waals surface area (Å²) in [6.07, 6.45) is 3.93. The van der Waals surface area contributed by atoms with Crippen molar-refractivity contribution in [1.29, 1.82) is 0 Å². The monoisotopic (exact) mass is 535 g/mol. The van der Waals surface area contributed by atoms with Gasteiger partial charge in [-0.3, -0.25) is 0 Å². The van der Waals surface area contributed by atoms with Gasteiger partial charge >= 0.3 is 21.1 Å². The zero-order valence-electron chi connectivity index (χ0n) is 14.5. The number of hydrogen-bond donors (Lipinski definition) is 0. The molecule has 3 aromatic carbocycles. The molecule has 1 aliphatic heterocycles. The van der Waals surface area contributed by atoms with E-state index in [1.54, 1.807) is 6.07 Å². The summed E-state index contributed by atoms with van der Waals surface area (Å²) in [5.41, 5.74) is 0.898. The molecule has 0 aliphatic carbocycles. The van der Waals surface area contributed by atoms with Crippen LogP contribution in [0.3, 0.4) is 0 Å². The Morgan fingerprint density at radius 1 is 0.778 bits per heavy atom. The SMILES string of the molecule is CN1C=CN(c2[c-]c(Oc3[c-]c(Oc4[c-]cccc4)ccc3)ccc2)[CH-]1.[Pt+4]. The molecule has 1 aliphatic rings. The minimum Gasteiger partial charge on any atom is -0.510 e. The molecule has 27 heavy (non-hydrogen) atoms. The van der Waals surface area contributed by atoms with E-state index in [2.05, 4.69) is 18.2 Å². The van der Waals surface area contributed by atoms with Crippen LogP contribution in [0, 0.1) is 24.9 Å². The van der Waals surface area contributed by atoms with Crippen molar-refractivity contribution in [3.05, 3.63) is 97.9 Å². The molecule has 0 atom stereocenters. The van der Waals surface area contributed by atoms with Crippen LogP contribution in [0.2, 0.25) is 0 Å². The maximum Gasteiger partial charge on any atom is 4.00 e. The van der Waals surface area contributed by atoms with Crippen LogP contribution in [0.4, 0.5) is 5.69 Å². The number of nitrogens with zero attached hydrogens (tertiary/aromatic N) is 2. The molecule has 5 heteroatoms. The second-order valence-corrected chi connectivity index (χ2v) is 5.70. The number of benzene rings is 3. The third kappa shape index (κ3) is 4.93. The van der Waals surface area contributed by atoms with Gasteiger partial charge in [0.05, 0.1) is 0 Å². The molecule has 0 fully saturated rings. The molecule has 0 amide bonds. The molecule has 4 rings (SSSR count). The van der Waals surface area contributed by atoms with E-state index < -0.39 is 0 Å². The van der Waals surface area contributed by atoms with Crippen LogP contribution in [0.5, 0.6) is 23.0 Å². The van der Waals surface area contributed by atoms with Crippen LogP contribution in [0.1, 0.15) is 0 Å². The van der Waals surface area contributed by atoms with Crippen molar-refractivity contribution < 1.29 is 30.5 Å². The second-order valence-electron chi connectivity index (χ2n) is 5.70. The fraction of sp³-hybridized carbons (Fsp3) is 0.0455. The van der Waals surface area contributed by atoms with E-state index in [0.717, 1.165) is 5.69 Å². The molecule has 3 aromatic rings. The van der Waals surface area contributed by atoms with Gasteiger partial charge in [0.2, 0.25) is 0 Å². The third-order valence-electron chi connectivity index (χ3n) is 3.66. The minimum atomic E-state index is 0. The minimum absolute atomic E-state index is 0. The molecular weight excluding hydrogens is 519 g/mol. The maximum atomic E-state index is 5.90. The number of rotatable bonds is 5. The zero-order valence-corrected chi connectivity index (χ0v) is 16.8. The Bertz CT molecular complexity index is 915. The quantitative estimate of drug-likeness (QED) is 0.429. The summed E-state index contributed by atoms with van der Waals surface area (Å²) in [4.78, 5) is 3.94. The van der Waals surface area contributed by atoms with Crippen molar-refractivity contribution in [2.24, 2.45) is 0 Å². The summed E-state index contributed by atoms with van der Waals surface area (Å²) in [5, 5.41) is 0. The van der Waals surface area contributed by atoms with Gasteiger partial charge in [0, 0.05) is 23.0 Å². The molecule has 4 nitrogen and oxygen atoms in total. The van der Waals surface area contributed by atoms with Crippen molar-refractivity contribution in [1.82, 2.24) is 4.90 Å². The smallest absolute Gasteiger partial charge is 0.510 e. The van der Waals surface area contributed by atoms with Crippen molar-refractivity contribution in [2.45, 2.75) is 0 Å². The van der Waals surface area contributed by atoms with E-state index in [4.69, 9.17) is 9.47 Å². The summed E-state index contributed by atoms with van der Waals surface area (Å²) >= 11 is 0. The fourth-order valence-electron chi connectivity index (χ4n) is 2.46. The predicted octanol–water partition coefficient (Wildman–Crippen LogP) is 5.01. The molecule has 136 valence electrons. The summed E-state index contributed by atoms with van der Waals surface area (Å²) in [6, 6.07) is 28.1. The zero-order chi connectivity index (χ0) is 17.8. The van der Waals surface area contributed by atoms with E-state index in [9.17, 15) is 0 Å². The van der Waals surface area contributed by atoms with Gasteiger partial charge in [-0.2, -0.15) is 37.0 Å². The Morgan fingerprint density at radius 2 is 1.44 bits per heavy atom. The summed E-state index contributed by atoms with van der Waals surface area (Å²) in [7, 11) is 1.97. The number of ether oxygens (including phenoxy) is 2. The second kappa shape index (κ2) is 8.79. The van der Waals surface area contributed by atoms with E-state index in [1.165, 1.54) is 0 Å². The van der Waals surface area contributed by atoms with Gasteiger partial charge < -0.3 is 19.3 Å². The van der Waals surface area contributed by atoms with Crippen molar-refractivity contribution in [3.63, 3.8) is 0 Å². The van der Waals surface area contributed by atoms with Gasteiger partial charge in [-0.25, -0.2) is 0 Å². The normalized spacial score (nSPS) is 12.6. The Labute approximate surface area is 173 Å². The van der Waals surface area contributed by atoms with Crippen LogP contribution < -0.4 is 14.4 Å². The van der Waals surface area contributed by atoms with Crippen LogP contribution in [0.15, 0.2) is 73.1 Å². The molecule has 0 unspecified atom stereocenters. The summed E-state index contributed by atoms with van der Waals surface area (Å²) in [6.45, 7) is 1.96. The van der Waals surface area contributed by atoms with Crippen molar-refractivity contribution in [3.8, 4) is 23.0 Å². The van der Waals surface area contributed by atoms with Crippen molar-refractivity contribution in [2.75, 3.05) is 11.9 Å². The first kappa shape index (κ1) is 19.1. The molecule has 0 saturated heterocycles. The van der Waals surface area contributed by atoms with E-state index in [0.29, 0.717) is 23.0 Å². The first-order valence-corrected chi connectivity index (χ1v) is 8.17. The first-order chi connectivity index (χ1) is 12.8. The summed E-state index contributed by atoms with van der Waals surface area (Å²) < 4.78 is 11.6. The van der Waals surface area contributed by atoms with Crippen molar-refractivity contribution >= 4 is 5.69 Å². The molecule has 0 saturated carbocycles. The van der Waals surface area contributed by atoms with E-state index in [1.807, 2.05) is 90.5 Å². The summed E-state index contributed by atoms with van der Waals surface area (Å²) in [5.74, 6) is 2.37. The molecule has 0 aromatic heterocycles. The molecule has 0 N–H and O–H groups in total. The molecule has 0 radical (unpaired) electrons. The Morgan fingerprint density at radius 3 is 2.11 bits per heavy atom. The van der Waals surface area contributed by atoms with Gasteiger partial charge in [-0.05, 0) is 19.4 Å². The van der Waals surface area contributed by atoms with Crippen LogP contribution >= 0.6 is 0 Å². The molecule has 0 spiro atoms. The standard InChI is InChI=1S/C22H16N2O2.Pt/c1-23-13-14-24(17-23)18-7-5-10-20(15-18)26-22-12-6-11-21(16-22)25-19-8-3-2-4-9-19;/h2-8,10-14,17H,1H3;/q-4;+4. The van der Waals surface area contributed by atoms with E-state index in [-0.39, 0.29) is 21.1 Å². The van der Waals surface area contributed by atoms with Crippen LogP contribution in [-0.4, -0.2) is 11.9 Å².